The van der Waals surface area contributed by atoms with Crippen molar-refractivity contribution in [1.29, 1.82) is 0 Å². The molecule has 0 bridgehead atoms. The molecule has 0 aliphatic rings. The minimum Gasteiger partial charge on any atom is -0.468 e. The van der Waals surface area contributed by atoms with Crippen LogP contribution in [0.3, 0.4) is 0 Å². The number of nitrogens with one attached hydrogen (secondary N) is 2. The quantitative estimate of drug-likeness (QED) is 0.527. The van der Waals surface area contributed by atoms with Crippen LogP contribution in [0.2, 0.25) is 0 Å². The lowest BCUT2D eigenvalue weighted by molar-refractivity contribution is -0.116. The molecule has 3 aromatic rings. The van der Waals surface area contributed by atoms with E-state index in [0.29, 0.717) is 18.7 Å². The van der Waals surface area contributed by atoms with Crippen LogP contribution in [0.4, 0.5) is 0 Å². The Bertz CT molecular complexity index is 1050. The van der Waals surface area contributed by atoms with Gasteiger partial charge in [0.2, 0.25) is 15.9 Å². The first-order chi connectivity index (χ1) is 14.0. The van der Waals surface area contributed by atoms with Gasteiger partial charge in [-0.1, -0.05) is 18.2 Å². The highest BCUT2D eigenvalue weighted by Crippen LogP contribution is 2.12. The first-order valence-electron chi connectivity index (χ1n) is 9.01. The molecule has 0 unspecified atom stereocenters. The van der Waals surface area contributed by atoms with Gasteiger partial charge in [-0.3, -0.25) is 9.78 Å². The molecule has 0 atom stereocenters. The minimum atomic E-state index is -3.64. The number of furan rings is 1. The Morgan fingerprint density at radius 3 is 2.59 bits per heavy atom. The summed E-state index contributed by atoms with van der Waals surface area (Å²) < 4.78 is 32.2. The summed E-state index contributed by atoms with van der Waals surface area (Å²) in [6.07, 6.45) is 6.89. The van der Waals surface area contributed by atoms with Crippen molar-refractivity contribution in [3.63, 3.8) is 0 Å². The van der Waals surface area contributed by atoms with E-state index in [2.05, 4.69) is 15.0 Å². The fourth-order valence-electron chi connectivity index (χ4n) is 2.51. The van der Waals surface area contributed by atoms with Gasteiger partial charge in [0, 0.05) is 30.9 Å². The van der Waals surface area contributed by atoms with Crippen LogP contribution >= 0.6 is 0 Å². The predicted octanol–water partition coefficient (Wildman–Crippen LogP) is 2.53. The number of hydrogen-bond acceptors (Lipinski definition) is 5. The van der Waals surface area contributed by atoms with Gasteiger partial charge in [-0.05, 0) is 48.0 Å². The highest BCUT2D eigenvalue weighted by molar-refractivity contribution is 7.89. The average Bonchev–Trinajstić information content (AvgIpc) is 3.26. The van der Waals surface area contributed by atoms with E-state index in [9.17, 15) is 13.2 Å². The number of hydrogen-bond donors (Lipinski definition) is 2. The molecule has 0 spiro atoms. The van der Waals surface area contributed by atoms with E-state index in [1.54, 1.807) is 36.5 Å². The first-order valence-corrected chi connectivity index (χ1v) is 10.5. The largest absolute Gasteiger partial charge is 0.468 e. The molecule has 2 N–H and O–H groups in total. The van der Waals surface area contributed by atoms with Crippen LogP contribution in [-0.2, 0) is 27.8 Å². The Labute approximate surface area is 169 Å². The Morgan fingerprint density at radius 2 is 1.90 bits per heavy atom. The van der Waals surface area contributed by atoms with Crippen LogP contribution in [0.5, 0.6) is 0 Å². The molecular weight excluding hydrogens is 390 g/mol. The van der Waals surface area contributed by atoms with Gasteiger partial charge in [-0.2, -0.15) is 0 Å². The second kappa shape index (κ2) is 9.81. The monoisotopic (exact) mass is 411 g/mol. The number of benzene rings is 1. The summed E-state index contributed by atoms with van der Waals surface area (Å²) >= 11 is 0. The molecule has 2 aromatic heterocycles. The van der Waals surface area contributed by atoms with Crippen LogP contribution in [-0.4, -0.2) is 25.9 Å². The topological polar surface area (TPSA) is 101 Å². The van der Waals surface area contributed by atoms with Crippen LogP contribution in [0.15, 0.2) is 82.4 Å². The summed E-state index contributed by atoms with van der Waals surface area (Å²) in [6, 6.07) is 15.3. The first kappa shape index (κ1) is 20.5. The second-order valence-corrected chi connectivity index (χ2v) is 7.94. The Hall–Kier alpha value is -3.23. The molecule has 0 saturated carbocycles. The third-order valence-electron chi connectivity index (χ3n) is 4.04. The Morgan fingerprint density at radius 1 is 1.07 bits per heavy atom. The molecule has 0 aliphatic carbocycles. The van der Waals surface area contributed by atoms with E-state index in [-0.39, 0.29) is 17.3 Å². The molecule has 29 heavy (non-hydrogen) atoms. The molecular formula is C21H21N3O4S. The molecule has 0 fully saturated rings. The SMILES string of the molecule is O=C(C=Cc1ccc(S(=O)(=O)NCc2ccco2)cc1)NCCc1ccccn1. The number of amides is 1. The molecule has 1 aromatic carbocycles. The van der Waals surface area contributed by atoms with Crippen molar-refractivity contribution in [3.05, 3.63) is 90.2 Å². The maximum atomic E-state index is 12.3. The molecule has 0 aliphatic heterocycles. The standard InChI is InChI=1S/C21H21N3O4S/c25-21(23-14-12-18-4-1-2-13-22-18)11-8-17-6-9-20(10-7-17)29(26,27)24-16-19-5-3-15-28-19/h1-11,13,15,24H,12,14,16H2,(H,23,25). The van der Waals surface area contributed by atoms with E-state index in [1.807, 2.05) is 18.2 Å². The van der Waals surface area contributed by atoms with Gasteiger partial charge in [0.25, 0.3) is 0 Å². The van der Waals surface area contributed by atoms with E-state index in [4.69, 9.17) is 4.42 Å². The second-order valence-electron chi connectivity index (χ2n) is 6.17. The summed E-state index contributed by atoms with van der Waals surface area (Å²) in [4.78, 5) is 16.2. The lowest BCUT2D eigenvalue weighted by Crippen LogP contribution is -2.23. The molecule has 8 heteroatoms. The number of nitrogens with zero attached hydrogens (tertiary/aromatic N) is 1. The van der Waals surface area contributed by atoms with E-state index < -0.39 is 10.0 Å². The molecule has 0 radical (unpaired) electrons. The number of carbonyl (C=O) groups is 1. The smallest absolute Gasteiger partial charge is 0.244 e. The van der Waals surface area contributed by atoms with E-state index >= 15 is 0 Å². The fourth-order valence-corrected chi connectivity index (χ4v) is 3.50. The minimum absolute atomic E-state index is 0.0790. The number of pyridine rings is 1. The lowest BCUT2D eigenvalue weighted by atomic mass is 10.2. The summed E-state index contributed by atoms with van der Waals surface area (Å²) in [5.41, 5.74) is 1.63. The summed E-state index contributed by atoms with van der Waals surface area (Å²) in [6.45, 7) is 0.564. The van der Waals surface area contributed by atoms with E-state index in [1.165, 1.54) is 24.5 Å². The highest BCUT2D eigenvalue weighted by atomic mass is 32.2. The third kappa shape index (κ3) is 6.41. The third-order valence-corrected chi connectivity index (χ3v) is 5.46. The van der Waals surface area contributed by atoms with Gasteiger partial charge >= 0.3 is 0 Å². The van der Waals surface area contributed by atoms with Gasteiger partial charge in [0.05, 0.1) is 17.7 Å². The van der Waals surface area contributed by atoms with Crippen molar-refractivity contribution in [2.75, 3.05) is 6.54 Å². The van der Waals surface area contributed by atoms with Gasteiger partial charge in [-0.15, -0.1) is 0 Å². The molecule has 3 rings (SSSR count). The van der Waals surface area contributed by atoms with Crippen molar-refractivity contribution >= 4 is 22.0 Å². The summed E-state index contributed by atoms with van der Waals surface area (Å²) in [5, 5.41) is 2.79. The van der Waals surface area contributed by atoms with Crippen LogP contribution < -0.4 is 10.0 Å². The molecule has 150 valence electrons. The Balaban J connectivity index is 1.49. The van der Waals surface area contributed by atoms with E-state index in [0.717, 1.165) is 11.3 Å². The average molecular weight is 411 g/mol. The van der Waals surface area contributed by atoms with Crippen molar-refractivity contribution < 1.29 is 17.6 Å². The van der Waals surface area contributed by atoms with Crippen molar-refractivity contribution in [1.82, 2.24) is 15.0 Å². The molecule has 0 saturated heterocycles. The lowest BCUT2D eigenvalue weighted by Gasteiger charge is -2.05. The molecule has 7 nitrogen and oxygen atoms in total. The summed E-state index contributed by atoms with van der Waals surface area (Å²) in [5.74, 6) is 0.305. The fraction of sp³-hybridized carbons (Fsp3) is 0.143. The zero-order chi connectivity index (χ0) is 20.5. The summed E-state index contributed by atoms with van der Waals surface area (Å²) in [7, 11) is -3.64. The van der Waals surface area contributed by atoms with Crippen LogP contribution in [0, 0.1) is 0 Å². The Kier molecular flexibility index (Phi) is 6.94. The number of carbonyl (C=O) groups excluding carboxylic acids is 1. The number of sulfonamides is 1. The van der Waals surface area contributed by atoms with Gasteiger partial charge in [0.15, 0.2) is 0 Å². The van der Waals surface area contributed by atoms with Gasteiger partial charge in [0.1, 0.15) is 5.76 Å². The maximum Gasteiger partial charge on any atom is 0.244 e. The highest BCUT2D eigenvalue weighted by Gasteiger charge is 2.13. The van der Waals surface area contributed by atoms with Crippen molar-refractivity contribution in [2.45, 2.75) is 17.9 Å². The van der Waals surface area contributed by atoms with Crippen LogP contribution in [0.1, 0.15) is 17.0 Å². The zero-order valence-electron chi connectivity index (χ0n) is 15.6. The zero-order valence-corrected chi connectivity index (χ0v) is 16.4. The number of aromatic nitrogens is 1. The maximum absolute atomic E-state index is 12.3. The van der Waals surface area contributed by atoms with Gasteiger partial charge in [-0.25, -0.2) is 13.1 Å². The number of rotatable bonds is 9. The van der Waals surface area contributed by atoms with Crippen LogP contribution in [0.25, 0.3) is 6.08 Å². The van der Waals surface area contributed by atoms with Gasteiger partial charge < -0.3 is 9.73 Å². The normalized spacial score (nSPS) is 11.6. The molecule has 2 heterocycles. The van der Waals surface area contributed by atoms with Crippen molar-refractivity contribution in [2.24, 2.45) is 0 Å². The molecule has 1 amide bonds. The predicted molar refractivity (Wildman–Crippen MR) is 109 cm³/mol. The van der Waals surface area contributed by atoms with Crippen molar-refractivity contribution in [3.8, 4) is 0 Å².